The summed E-state index contributed by atoms with van der Waals surface area (Å²) in [6.07, 6.45) is 3.75. The molecule has 4 heteroatoms. The Kier molecular flexibility index (Phi) is 1.63. The fraction of sp³-hybridized carbons (Fsp3) is 0. The van der Waals surface area contributed by atoms with Gasteiger partial charge in [-0.3, -0.25) is 4.98 Å². The number of aromatic nitrogens is 1. The summed E-state index contributed by atoms with van der Waals surface area (Å²) < 4.78 is 3.24. The van der Waals surface area contributed by atoms with Crippen molar-refractivity contribution >= 4 is 38.2 Å². The van der Waals surface area contributed by atoms with Crippen molar-refractivity contribution in [3.8, 4) is 0 Å². The van der Waals surface area contributed by atoms with Crippen LogP contribution in [0.2, 0.25) is 0 Å². The molecule has 3 rings (SSSR count). The lowest BCUT2D eigenvalue weighted by atomic mass is 10.1. The Morgan fingerprint density at radius 1 is 1.23 bits per heavy atom. The molecule has 1 aromatic carbocycles. The summed E-state index contributed by atoms with van der Waals surface area (Å²) in [6, 6.07) is 6.28. The van der Waals surface area contributed by atoms with Gasteiger partial charge in [-0.1, -0.05) is 6.07 Å². The number of anilines is 1. The first-order valence-electron chi connectivity index (χ1n) is 3.91. The van der Waals surface area contributed by atoms with Gasteiger partial charge in [-0.15, -0.1) is 0 Å². The van der Waals surface area contributed by atoms with E-state index in [1.807, 2.05) is 18.5 Å². The average molecular weight is 206 g/mol. The van der Waals surface area contributed by atoms with Crippen LogP contribution in [-0.2, 0) is 0 Å². The topological polar surface area (TPSA) is 24.9 Å². The van der Waals surface area contributed by atoms with Crippen molar-refractivity contribution < 1.29 is 0 Å². The second-order valence-corrected chi connectivity index (χ2v) is 4.75. The molecule has 0 amide bonds. The first kappa shape index (κ1) is 7.53. The number of hydrogen-bond donors (Lipinski definition) is 1. The Morgan fingerprint density at radius 3 is 3.23 bits per heavy atom. The van der Waals surface area contributed by atoms with Gasteiger partial charge in [0.05, 0.1) is 10.6 Å². The Hall–Kier alpha value is -0.870. The Morgan fingerprint density at radius 2 is 2.23 bits per heavy atom. The van der Waals surface area contributed by atoms with E-state index in [4.69, 9.17) is 0 Å². The molecule has 0 fully saturated rings. The van der Waals surface area contributed by atoms with Crippen molar-refractivity contribution in [2.45, 2.75) is 4.90 Å². The SMILES string of the molecule is c1cc2ccc3c(c2cn1)SSN3. The molecule has 0 aliphatic carbocycles. The van der Waals surface area contributed by atoms with E-state index in [1.165, 1.54) is 21.4 Å². The molecule has 0 atom stereocenters. The van der Waals surface area contributed by atoms with E-state index >= 15 is 0 Å². The molecule has 1 aliphatic heterocycles. The van der Waals surface area contributed by atoms with Crippen LogP contribution in [0.15, 0.2) is 35.5 Å². The largest absolute Gasteiger partial charge is 0.319 e. The zero-order chi connectivity index (χ0) is 8.67. The summed E-state index contributed by atoms with van der Waals surface area (Å²) in [7, 11) is 3.42. The lowest BCUT2D eigenvalue weighted by Crippen LogP contribution is -1.81. The first-order chi connectivity index (χ1) is 6.45. The molecule has 0 radical (unpaired) electrons. The van der Waals surface area contributed by atoms with E-state index in [1.54, 1.807) is 21.8 Å². The first-order valence-corrected chi connectivity index (χ1v) is 6.06. The summed E-state index contributed by atoms with van der Waals surface area (Å²) in [5.41, 5.74) is 1.20. The van der Waals surface area contributed by atoms with Crippen LogP contribution < -0.4 is 4.72 Å². The smallest absolute Gasteiger partial charge is 0.0600 e. The zero-order valence-electron chi connectivity index (χ0n) is 6.65. The van der Waals surface area contributed by atoms with E-state index < -0.39 is 0 Å². The van der Waals surface area contributed by atoms with Crippen molar-refractivity contribution in [3.63, 3.8) is 0 Å². The van der Waals surface area contributed by atoms with E-state index in [2.05, 4.69) is 21.8 Å². The zero-order valence-corrected chi connectivity index (χ0v) is 8.28. The van der Waals surface area contributed by atoms with E-state index in [0.29, 0.717) is 0 Å². The van der Waals surface area contributed by atoms with Gasteiger partial charge in [0, 0.05) is 28.8 Å². The third-order valence-electron chi connectivity index (χ3n) is 2.05. The molecular weight excluding hydrogens is 200 g/mol. The maximum Gasteiger partial charge on any atom is 0.0600 e. The molecule has 1 aliphatic rings. The minimum atomic E-state index is 1.20. The van der Waals surface area contributed by atoms with Gasteiger partial charge in [0.2, 0.25) is 0 Å². The second-order valence-electron chi connectivity index (χ2n) is 2.81. The number of rotatable bonds is 0. The van der Waals surface area contributed by atoms with Gasteiger partial charge in [0.1, 0.15) is 0 Å². The van der Waals surface area contributed by atoms with Crippen LogP contribution in [0.1, 0.15) is 0 Å². The minimum Gasteiger partial charge on any atom is -0.319 e. The molecule has 1 N–H and O–H groups in total. The fourth-order valence-electron chi connectivity index (χ4n) is 1.41. The van der Waals surface area contributed by atoms with Gasteiger partial charge in [-0.05, 0) is 28.3 Å². The van der Waals surface area contributed by atoms with Gasteiger partial charge in [0.15, 0.2) is 0 Å². The van der Waals surface area contributed by atoms with E-state index in [-0.39, 0.29) is 0 Å². The van der Waals surface area contributed by atoms with Crippen LogP contribution >= 0.6 is 21.8 Å². The molecule has 0 spiro atoms. The fourth-order valence-corrected chi connectivity index (χ4v) is 3.51. The maximum atomic E-state index is 4.14. The predicted octanol–water partition coefficient (Wildman–Crippen LogP) is 3.32. The normalized spacial score (nSPS) is 14.2. The van der Waals surface area contributed by atoms with Crippen molar-refractivity contribution in [1.82, 2.24) is 4.98 Å². The summed E-state index contributed by atoms with van der Waals surface area (Å²) in [5.74, 6) is 0. The van der Waals surface area contributed by atoms with Crippen LogP contribution in [0.25, 0.3) is 10.8 Å². The third-order valence-corrected chi connectivity index (χ3v) is 4.04. The Balaban J connectivity index is 2.43. The predicted molar refractivity (Wildman–Crippen MR) is 58.8 cm³/mol. The number of benzene rings is 1. The van der Waals surface area contributed by atoms with Gasteiger partial charge in [-0.2, -0.15) is 0 Å². The van der Waals surface area contributed by atoms with Gasteiger partial charge in [-0.25, -0.2) is 0 Å². The molecular formula is C9H6N2S2. The molecule has 0 unspecified atom stereocenters. The van der Waals surface area contributed by atoms with Gasteiger partial charge >= 0.3 is 0 Å². The van der Waals surface area contributed by atoms with Crippen LogP contribution in [-0.4, -0.2) is 4.98 Å². The van der Waals surface area contributed by atoms with Gasteiger partial charge < -0.3 is 4.72 Å². The molecule has 13 heavy (non-hydrogen) atoms. The molecule has 2 aromatic rings. The van der Waals surface area contributed by atoms with Crippen molar-refractivity contribution in [1.29, 1.82) is 0 Å². The molecule has 0 bridgehead atoms. The van der Waals surface area contributed by atoms with Crippen LogP contribution in [0.5, 0.6) is 0 Å². The van der Waals surface area contributed by atoms with E-state index in [0.717, 1.165) is 0 Å². The summed E-state index contributed by atoms with van der Waals surface area (Å²) >= 11 is 0. The highest BCUT2D eigenvalue weighted by Gasteiger charge is 2.14. The van der Waals surface area contributed by atoms with Crippen LogP contribution in [0.3, 0.4) is 0 Å². The molecule has 64 valence electrons. The summed E-state index contributed by atoms with van der Waals surface area (Å²) in [4.78, 5) is 5.44. The minimum absolute atomic E-state index is 1.20. The van der Waals surface area contributed by atoms with E-state index in [9.17, 15) is 0 Å². The second kappa shape index (κ2) is 2.82. The molecule has 2 nitrogen and oxygen atoms in total. The van der Waals surface area contributed by atoms with Crippen molar-refractivity contribution in [2.75, 3.05) is 4.72 Å². The van der Waals surface area contributed by atoms with Crippen LogP contribution in [0, 0.1) is 0 Å². The maximum absolute atomic E-state index is 4.14. The lowest BCUT2D eigenvalue weighted by molar-refractivity contribution is 1.35. The molecule has 2 heterocycles. The lowest BCUT2D eigenvalue weighted by Gasteiger charge is -2.01. The number of fused-ring (bicyclic) bond motifs is 3. The number of nitrogens with zero attached hydrogens (tertiary/aromatic N) is 1. The quantitative estimate of drug-likeness (QED) is 0.528. The highest BCUT2D eigenvalue weighted by Crippen LogP contribution is 2.47. The number of nitrogens with one attached hydrogen (secondary N) is 1. The van der Waals surface area contributed by atoms with Gasteiger partial charge in [0.25, 0.3) is 0 Å². The molecule has 1 aromatic heterocycles. The Bertz CT molecular complexity index is 470. The highest BCUT2D eigenvalue weighted by atomic mass is 33.1. The molecule has 0 saturated carbocycles. The standard InChI is InChI=1S/C9H6N2S2/c1-2-8-9(12-13-11-8)7-5-10-4-3-6(1)7/h1-5,11H. The number of hydrogen-bond acceptors (Lipinski definition) is 4. The summed E-state index contributed by atoms with van der Waals surface area (Å²) in [5, 5.41) is 2.49. The third kappa shape index (κ3) is 1.09. The number of pyridine rings is 1. The van der Waals surface area contributed by atoms with Crippen molar-refractivity contribution in [3.05, 3.63) is 30.6 Å². The van der Waals surface area contributed by atoms with Crippen molar-refractivity contribution in [2.24, 2.45) is 0 Å². The Labute approximate surface area is 83.7 Å². The molecule has 0 saturated heterocycles. The summed E-state index contributed by atoms with van der Waals surface area (Å²) in [6.45, 7) is 0. The van der Waals surface area contributed by atoms with Crippen LogP contribution in [0.4, 0.5) is 5.69 Å². The highest BCUT2D eigenvalue weighted by molar-refractivity contribution is 8.77. The monoisotopic (exact) mass is 206 g/mol. The average Bonchev–Trinajstić information content (AvgIpc) is 2.65.